The van der Waals surface area contributed by atoms with E-state index in [0.29, 0.717) is 25.4 Å². The molecular weight excluding hydrogens is 346 g/mol. The van der Waals surface area contributed by atoms with E-state index >= 15 is 0 Å². The molecule has 0 saturated carbocycles. The van der Waals surface area contributed by atoms with E-state index in [-0.39, 0.29) is 12.0 Å². The maximum atomic E-state index is 12.6. The van der Waals surface area contributed by atoms with Crippen molar-refractivity contribution in [3.63, 3.8) is 0 Å². The van der Waals surface area contributed by atoms with Crippen LogP contribution in [0.3, 0.4) is 0 Å². The topological polar surface area (TPSA) is 94.2 Å². The molecule has 0 aliphatic carbocycles. The normalized spacial score (nSPS) is 17.1. The molecular formula is C19H19N5O3. The molecule has 0 N–H and O–H groups in total. The molecule has 8 heteroatoms. The van der Waals surface area contributed by atoms with Crippen molar-refractivity contribution in [2.75, 3.05) is 19.7 Å². The lowest BCUT2D eigenvalue weighted by molar-refractivity contribution is -0.0248. The molecule has 3 aromatic heterocycles. The summed E-state index contributed by atoms with van der Waals surface area (Å²) in [4.78, 5) is 27.2. The van der Waals surface area contributed by atoms with Crippen molar-refractivity contribution in [3.05, 3.63) is 59.6 Å². The van der Waals surface area contributed by atoms with Crippen LogP contribution in [0.25, 0.3) is 11.3 Å². The number of amides is 1. The van der Waals surface area contributed by atoms with Crippen LogP contribution in [-0.2, 0) is 4.74 Å². The van der Waals surface area contributed by atoms with Gasteiger partial charge in [0, 0.05) is 18.9 Å². The van der Waals surface area contributed by atoms with Crippen LogP contribution in [0.2, 0.25) is 0 Å². The van der Waals surface area contributed by atoms with Crippen LogP contribution in [0, 0.1) is 13.8 Å². The summed E-state index contributed by atoms with van der Waals surface area (Å²) < 4.78 is 11.1. The molecule has 1 aliphatic heterocycles. The molecule has 1 saturated heterocycles. The number of carbonyl (C=O) groups is 1. The molecule has 1 unspecified atom stereocenters. The van der Waals surface area contributed by atoms with E-state index in [1.807, 2.05) is 32.0 Å². The van der Waals surface area contributed by atoms with Crippen molar-refractivity contribution in [2.24, 2.45) is 0 Å². The molecule has 0 radical (unpaired) electrons. The molecule has 0 aromatic carbocycles. The largest absolute Gasteiger partial charge is 0.368 e. The van der Waals surface area contributed by atoms with E-state index in [1.54, 1.807) is 11.1 Å². The number of carbonyl (C=O) groups excluding carboxylic acids is 1. The predicted octanol–water partition coefficient (Wildman–Crippen LogP) is 2.36. The quantitative estimate of drug-likeness (QED) is 0.703. The van der Waals surface area contributed by atoms with Gasteiger partial charge >= 0.3 is 0 Å². The van der Waals surface area contributed by atoms with E-state index in [9.17, 15) is 4.79 Å². The molecule has 27 heavy (non-hydrogen) atoms. The summed E-state index contributed by atoms with van der Waals surface area (Å²) in [6.45, 7) is 5.11. The molecule has 0 bridgehead atoms. The van der Waals surface area contributed by atoms with Crippen LogP contribution in [-0.4, -0.2) is 50.6 Å². The number of aryl methyl sites for hydroxylation is 2. The van der Waals surface area contributed by atoms with E-state index in [1.165, 1.54) is 12.4 Å². The van der Waals surface area contributed by atoms with Gasteiger partial charge in [-0.2, -0.15) is 0 Å². The second-order valence-corrected chi connectivity index (χ2v) is 6.35. The first-order valence-electron chi connectivity index (χ1n) is 8.70. The highest BCUT2D eigenvalue weighted by molar-refractivity contribution is 5.92. The van der Waals surface area contributed by atoms with Crippen molar-refractivity contribution in [2.45, 2.75) is 20.0 Å². The fraction of sp³-hybridized carbons (Fsp3) is 0.316. The van der Waals surface area contributed by atoms with Crippen molar-refractivity contribution >= 4 is 5.91 Å². The smallest absolute Gasteiger partial charge is 0.274 e. The van der Waals surface area contributed by atoms with Crippen molar-refractivity contribution in [3.8, 4) is 11.3 Å². The highest BCUT2D eigenvalue weighted by Gasteiger charge is 2.28. The number of ether oxygens (including phenoxy) is 1. The Kier molecular flexibility index (Phi) is 4.64. The molecule has 0 spiro atoms. The van der Waals surface area contributed by atoms with E-state index in [0.717, 1.165) is 28.4 Å². The molecule has 3 aromatic rings. The molecule has 1 fully saturated rings. The number of rotatable bonds is 3. The van der Waals surface area contributed by atoms with Gasteiger partial charge in [0.2, 0.25) is 0 Å². The predicted molar refractivity (Wildman–Crippen MR) is 95.8 cm³/mol. The van der Waals surface area contributed by atoms with Crippen LogP contribution in [0.1, 0.15) is 33.7 Å². The van der Waals surface area contributed by atoms with Crippen LogP contribution >= 0.6 is 0 Å². The molecule has 8 nitrogen and oxygen atoms in total. The summed E-state index contributed by atoms with van der Waals surface area (Å²) in [5.41, 5.74) is 3.56. The van der Waals surface area contributed by atoms with Gasteiger partial charge in [-0.25, -0.2) is 9.97 Å². The Labute approximate surface area is 156 Å². The van der Waals surface area contributed by atoms with Gasteiger partial charge in [0.15, 0.2) is 0 Å². The molecule has 138 valence electrons. The van der Waals surface area contributed by atoms with Crippen molar-refractivity contribution < 1.29 is 14.1 Å². The van der Waals surface area contributed by atoms with Gasteiger partial charge in [0.25, 0.3) is 5.91 Å². The lowest BCUT2D eigenvalue weighted by atomic mass is 10.1. The van der Waals surface area contributed by atoms with Gasteiger partial charge in [-0.1, -0.05) is 11.2 Å². The monoisotopic (exact) mass is 365 g/mol. The Balaban J connectivity index is 1.57. The minimum absolute atomic E-state index is 0.154. The summed E-state index contributed by atoms with van der Waals surface area (Å²) in [5.74, 6) is 0.569. The minimum Gasteiger partial charge on any atom is -0.368 e. The summed E-state index contributed by atoms with van der Waals surface area (Å²) in [6, 6.07) is 5.75. The summed E-state index contributed by atoms with van der Waals surface area (Å²) >= 11 is 0. The van der Waals surface area contributed by atoms with Crippen molar-refractivity contribution in [1.82, 2.24) is 25.0 Å². The van der Waals surface area contributed by atoms with Crippen LogP contribution in [0.15, 0.2) is 41.3 Å². The fourth-order valence-electron chi connectivity index (χ4n) is 3.20. The molecule has 1 amide bonds. The number of aromatic nitrogens is 4. The Morgan fingerprint density at radius 3 is 2.89 bits per heavy atom. The highest BCUT2D eigenvalue weighted by atomic mass is 16.5. The average Bonchev–Trinajstić information content (AvgIpc) is 3.06. The maximum Gasteiger partial charge on any atom is 0.274 e. The SMILES string of the molecule is Cc1noc(C)c1-c1cccc(C2CN(C(=O)c3cnccn3)CCO2)n1. The summed E-state index contributed by atoms with van der Waals surface area (Å²) in [5, 5.41) is 3.99. The second-order valence-electron chi connectivity index (χ2n) is 6.35. The first-order chi connectivity index (χ1) is 13.1. The maximum absolute atomic E-state index is 12.6. The molecule has 1 atom stereocenters. The van der Waals surface area contributed by atoms with Crippen LogP contribution in [0.5, 0.6) is 0 Å². The highest BCUT2D eigenvalue weighted by Crippen LogP contribution is 2.28. The number of nitrogens with zero attached hydrogens (tertiary/aromatic N) is 5. The summed E-state index contributed by atoms with van der Waals surface area (Å²) in [6.07, 6.45) is 4.23. The zero-order valence-electron chi connectivity index (χ0n) is 15.1. The Bertz CT molecular complexity index is 937. The van der Waals surface area contributed by atoms with Gasteiger partial charge < -0.3 is 14.2 Å². The minimum atomic E-state index is -0.306. The number of hydrogen-bond acceptors (Lipinski definition) is 7. The van der Waals surface area contributed by atoms with Gasteiger partial charge in [0.1, 0.15) is 17.6 Å². The van der Waals surface area contributed by atoms with E-state index in [2.05, 4.69) is 15.1 Å². The van der Waals surface area contributed by atoms with Gasteiger partial charge in [-0.15, -0.1) is 0 Å². The summed E-state index contributed by atoms with van der Waals surface area (Å²) in [7, 11) is 0. The van der Waals surface area contributed by atoms with Gasteiger partial charge in [0.05, 0.1) is 42.0 Å². The van der Waals surface area contributed by atoms with E-state index < -0.39 is 0 Å². The third-order valence-corrected chi connectivity index (χ3v) is 4.53. The first-order valence-corrected chi connectivity index (χ1v) is 8.70. The third-order valence-electron chi connectivity index (χ3n) is 4.53. The number of morpholine rings is 1. The standard InChI is InChI=1S/C19H19N5O3/c1-12-18(13(2)27-23-12)15-5-3-4-14(22-15)17-11-24(8-9-26-17)19(25)16-10-20-6-7-21-16/h3-7,10,17H,8-9,11H2,1-2H3. The van der Waals surface area contributed by atoms with Gasteiger partial charge in [-0.05, 0) is 26.0 Å². The number of pyridine rings is 1. The Hall–Kier alpha value is -3.13. The average molecular weight is 365 g/mol. The third kappa shape index (κ3) is 3.43. The number of hydrogen-bond donors (Lipinski definition) is 0. The Morgan fingerprint density at radius 2 is 2.15 bits per heavy atom. The zero-order valence-corrected chi connectivity index (χ0v) is 15.1. The second kappa shape index (κ2) is 7.24. The van der Waals surface area contributed by atoms with Gasteiger partial charge in [-0.3, -0.25) is 9.78 Å². The zero-order chi connectivity index (χ0) is 18.8. The fourth-order valence-corrected chi connectivity index (χ4v) is 3.20. The van der Waals surface area contributed by atoms with Crippen LogP contribution < -0.4 is 0 Å². The van der Waals surface area contributed by atoms with E-state index in [4.69, 9.17) is 14.2 Å². The van der Waals surface area contributed by atoms with Crippen molar-refractivity contribution in [1.29, 1.82) is 0 Å². The Morgan fingerprint density at radius 1 is 1.26 bits per heavy atom. The molecule has 4 heterocycles. The molecule has 4 rings (SSSR count). The van der Waals surface area contributed by atoms with Crippen LogP contribution in [0.4, 0.5) is 0 Å². The molecule has 1 aliphatic rings. The lowest BCUT2D eigenvalue weighted by Crippen LogP contribution is -2.42. The first kappa shape index (κ1) is 17.3. The lowest BCUT2D eigenvalue weighted by Gasteiger charge is -2.32.